The van der Waals surface area contributed by atoms with Gasteiger partial charge in [-0.2, -0.15) is 0 Å². The first-order valence-electron chi connectivity index (χ1n) is 10.7. The van der Waals surface area contributed by atoms with E-state index in [4.69, 9.17) is 9.47 Å². The number of carbonyl (C=O) groups is 1. The highest BCUT2D eigenvalue weighted by atomic mass is 127. The van der Waals surface area contributed by atoms with Gasteiger partial charge in [0.05, 0.1) is 20.8 Å². The number of amides is 1. The van der Waals surface area contributed by atoms with Gasteiger partial charge in [0.15, 0.2) is 17.5 Å². The molecule has 170 valence electrons. The zero-order valence-electron chi connectivity index (χ0n) is 18.5. The van der Waals surface area contributed by atoms with Gasteiger partial charge in [-0.15, -0.1) is 24.0 Å². The maximum Gasteiger partial charge on any atom is 0.222 e. The number of hydrogen-bond donors (Lipinski definition) is 3. The number of guanidine groups is 1. The Morgan fingerprint density at radius 3 is 2.50 bits per heavy atom. The summed E-state index contributed by atoms with van der Waals surface area (Å²) in [6.45, 7) is 4.01. The number of hydrogen-bond acceptors (Lipinski definition) is 4. The van der Waals surface area contributed by atoms with E-state index in [1.807, 2.05) is 25.1 Å². The van der Waals surface area contributed by atoms with Crippen molar-refractivity contribution in [1.82, 2.24) is 16.0 Å². The fourth-order valence-corrected chi connectivity index (χ4v) is 3.52. The summed E-state index contributed by atoms with van der Waals surface area (Å²) in [4.78, 5) is 16.6. The molecule has 0 saturated heterocycles. The second-order valence-corrected chi connectivity index (χ2v) is 7.28. The van der Waals surface area contributed by atoms with Gasteiger partial charge in [0.2, 0.25) is 5.91 Å². The zero-order valence-corrected chi connectivity index (χ0v) is 20.8. The van der Waals surface area contributed by atoms with Gasteiger partial charge in [-0.25, -0.2) is 0 Å². The number of benzene rings is 1. The number of carbonyl (C=O) groups excluding carboxylic acids is 1. The highest BCUT2D eigenvalue weighted by molar-refractivity contribution is 14.0. The average molecular weight is 532 g/mol. The average Bonchev–Trinajstić information content (AvgIpc) is 2.74. The van der Waals surface area contributed by atoms with Gasteiger partial charge in [-0.3, -0.25) is 9.79 Å². The molecule has 1 aromatic rings. The van der Waals surface area contributed by atoms with Gasteiger partial charge in [-0.05, 0) is 43.9 Å². The van der Waals surface area contributed by atoms with E-state index in [2.05, 4.69) is 20.9 Å². The summed E-state index contributed by atoms with van der Waals surface area (Å²) in [6, 6.07) is 6.29. The molecule has 0 bridgehead atoms. The minimum atomic E-state index is 0. The second-order valence-electron chi connectivity index (χ2n) is 7.28. The number of methoxy groups -OCH3 is 2. The molecule has 0 unspecified atom stereocenters. The second kappa shape index (κ2) is 15.1. The van der Waals surface area contributed by atoms with Crippen LogP contribution >= 0.6 is 24.0 Å². The maximum absolute atomic E-state index is 12.1. The maximum atomic E-state index is 12.1. The lowest BCUT2D eigenvalue weighted by atomic mass is 9.95. The topological polar surface area (TPSA) is 84.0 Å². The smallest absolute Gasteiger partial charge is 0.222 e. The summed E-state index contributed by atoms with van der Waals surface area (Å²) in [7, 11) is 3.27. The standard InChI is InChI=1S/C22H36N4O3.HI/c1-4-23-22(25-15-13-21(27)26-18-8-6-5-7-9-18)24-14-12-17-10-11-19(28-2)20(16-17)29-3;/h10-11,16,18H,4-9,12-15H2,1-3H3,(H,26,27)(H2,23,24,25);1H. The van der Waals surface area contributed by atoms with Crippen LogP contribution in [0.3, 0.4) is 0 Å². The van der Waals surface area contributed by atoms with Crippen LogP contribution in [0.4, 0.5) is 0 Å². The number of rotatable bonds is 10. The number of nitrogens with one attached hydrogen (secondary N) is 3. The minimum absolute atomic E-state index is 0. The molecule has 0 spiro atoms. The monoisotopic (exact) mass is 532 g/mol. The van der Waals surface area contributed by atoms with Gasteiger partial charge in [0, 0.05) is 25.6 Å². The summed E-state index contributed by atoms with van der Waals surface area (Å²) in [5.74, 6) is 2.29. The van der Waals surface area contributed by atoms with E-state index in [0.29, 0.717) is 19.0 Å². The molecule has 0 atom stereocenters. The van der Waals surface area contributed by atoms with Crippen molar-refractivity contribution < 1.29 is 14.3 Å². The van der Waals surface area contributed by atoms with Crippen LogP contribution in [0.25, 0.3) is 0 Å². The van der Waals surface area contributed by atoms with Crippen molar-refractivity contribution in [2.24, 2.45) is 4.99 Å². The first kappa shape index (κ1) is 26.3. The molecule has 2 rings (SSSR count). The molecule has 1 amide bonds. The third kappa shape index (κ3) is 9.40. The lowest BCUT2D eigenvalue weighted by molar-refractivity contribution is -0.121. The van der Waals surface area contributed by atoms with Crippen LogP contribution in [0.5, 0.6) is 11.5 Å². The van der Waals surface area contributed by atoms with Gasteiger partial charge in [0.25, 0.3) is 0 Å². The summed E-state index contributed by atoms with van der Waals surface area (Å²) < 4.78 is 10.6. The van der Waals surface area contributed by atoms with E-state index in [0.717, 1.165) is 55.4 Å². The van der Waals surface area contributed by atoms with Gasteiger partial charge in [0.1, 0.15) is 0 Å². The van der Waals surface area contributed by atoms with Crippen LogP contribution in [0.2, 0.25) is 0 Å². The third-order valence-electron chi connectivity index (χ3n) is 5.08. The Morgan fingerprint density at radius 2 is 1.83 bits per heavy atom. The first-order valence-corrected chi connectivity index (χ1v) is 10.7. The van der Waals surface area contributed by atoms with Crippen LogP contribution < -0.4 is 25.4 Å². The third-order valence-corrected chi connectivity index (χ3v) is 5.08. The molecule has 1 fully saturated rings. The van der Waals surface area contributed by atoms with Crippen LogP contribution in [-0.2, 0) is 11.2 Å². The zero-order chi connectivity index (χ0) is 20.9. The molecule has 3 N–H and O–H groups in total. The molecule has 1 aliphatic carbocycles. The van der Waals surface area contributed by atoms with Crippen molar-refractivity contribution in [2.45, 2.75) is 57.9 Å². The van der Waals surface area contributed by atoms with E-state index in [-0.39, 0.29) is 29.9 Å². The SMILES string of the molecule is CCNC(=NCCC(=O)NC1CCCCC1)NCCc1ccc(OC)c(OC)c1.I. The van der Waals surface area contributed by atoms with Gasteiger partial charge >= 0.3 is 0 Å². The number of halogens is 1. The van der Waals surface area contributed by atoms with Crippen LogP contribution in [0.15, 0.2) is 23.2 Å². The predicted octanol–water partition coefficient (Wildman–Crippen LogP) is 3.26. The Kier molecular flexibility index (Phi) is 13.3. The molecule has 0 aromatic heterocycles. The molecule has 0 aliphatic heterocycles. The van der Waals surface area contributed by atoms with Gasteiger partial charge < -0.3 is 25.4 Å². The van der Waals surface area contributed by atoms with Crippen molar-refractivity contribution in [3.8, 4) is 11.5 Å². The quantitative estimate of drug-likeness (QED) is 0.245. The summed E-state index contributed by atoms with van der Waals surface area (Å²) in [5.41, 5.74) is 1.15. The van der Waals surface area contributed by atoms with Crippen molar-refractivity contribution in [3.05, 3.63) is 23.8 Å². The van der Waals surface area contributed by atoms with E-state index >= 15 is 0 Å². The van der Waals surface area contributed by atoms with Crippen LogP contribution in [0.1, 0.15) is 51.0 Å². The Hall–Kier alpha value is -1.71. The summed E-state index contributed by atoms with van der Waals surface area (Å²) >= 11 is 0. The van der Waals surface area contributed by atoms with E-state index in [1.165, 1.54) is 19.3 Å². The molecule has 1 aliphatic rings. The van der Waals surface area contributed by atoms with E-state index in [1.54, 1.807) is 14.2 Å². The summed E-state index contributed by atoms with van der Waals surface area (Å²) in [6.07, 6.45) is 7.19. The van der Waals surface area contributed by atoms with Crippen LogP contribution in [0, 0.1) is 0 Å². The lowest BCUT2D eigenvalue weighted by Gasteiger charge is -2.22. The van der Waals surface area contributed by atoms with Crippen molar-refractivity contribution >= 4 is 35.8 Å². The first-order chi connectivity index (χ1) is 14.2. The molecule has 1 aromatic carbocycles. The highest BCUT2D eigenvalue weighted by Crippen LogP contribution is 2.27. The Balaban J connectivity index is 0.00000450. The molecule has 30 heavy (non-hydrogen) atoms. The molecule has 0 radical (unpaired) electrons. The normalized spacial score (nSPS) is 14.4. The molecule has 8 heteroatoms. The molecule has 0 heterocycles. The Labute approximate surface area is 197 Å². The molecule has 1 saturated carbocycles. The fourth-order valence-electron chi connectivity index (χ4n) is 3.52. The summed E-state index contributed by atoms with van der Waals surface area (Å²) in [5, 5.41) is 9.69. The minimum Gasteiger partial charge on any atom is -0.493 e. The largest absolute Gasteiger partial charge is 0.493 e. The molecular weight excluding hydrogens is 495 g/mol. The highest BCUT2D eigenvalue weighted by Gasteiger charge is 2.15. The van der Waals surface area contributed by atoms with Gasteiger partial charge in [-0.1, -0.05) is 25.3 Å². The van der Waals surface area contributed by atoms with Crippen molar-refractivity contribution in [1.29, 1.82) is 0 Å². The van der Waals surface area contributed by atoms with E-state index < -0.39 is 0 Å². The van der Waals surface area contributed by atoms with Crippen LogP contribution in [-0.4, -0.2) is 51.8 Å². The molecular formula is C22H37IN4O3. The fraction of sp³-hybridized carbons (Fsp3) is 0.636. The Bertz CT molecular complexity index is 664. The number of ether oxygens (including phenoxy) is 2. The number of aliphatic imine (C=N–C) groups is 1. The van der Waals surface area contributed by atoms with Crippen molar-refractivity contribution in [2.75, 3.05) is 33.9 Å². The van der Waals surface area contributed by atoms with Crippen molar-refractivity contribution in [3.63, 3.8) is 0 Å². The molecule has 7 nitrogen and oxygen atoms in total. The Morgan fingerprint density at radius 1 is 1.10 bits per heavy atom. The number of nitrogens with zero attached hydrogens (tertiary/aromatic N) is 1. The lowest BCUT2D eigenvalue weighted by Crippen LogP contribution is -2.39. The van der Waals surface area contributed by atoms with E-state index in [9.17, 15) is 4.79 Å². The predicted molar refractivity (Wildman–Crippen MR) is 132 cm³/mol.